The van der Waals surface area contributed by atoms with Gasteiger partial charge < -0.3 is 24.3 Å². The minimum atomic E-state index is -0.601. The zero-order valence-corrected chi connectivity index (χ0v) is 20.7. The van der Waals surface area contributed by atoms with Gasteiger partial charge >= 0.3 is 0 Å². The van der Waals surface area contributed by atoms with Crippen molar-refractivity contribution in [2.24, 2.45) is 5.92 Å². The Morgan fingerprint density at radius 2 is 1.94 bits per heavy atom. The topological polar surface area (TPSA) is 96.9 Å². The first-order valence-electron chi connectivity index (χ1n) is 11.0. The number of nitrogens with zero attached hydrogens (tertiary/aromatic N) is 2. The van der Waals surface area contributed by atoms with Crippen LogP contribution in [0.5, 0.6) is 11.5 Å². The zero-order chi connectivity index (χ0) is 24.0. The smallest absolute Gasteiger partial charge is 0.260 e. The summed E-state index contributed by atoms with van der Waals surface area (Å²) < 4.78 is 15.8. The van der Waals surface area contributed by atoms with E-state index in [0.717, 1.165) is 24.1 Å². The summed E-state index contributed by atoms with van der Waals surface area (Å²) in [6.45, 7) is 6.28. The van der Waals surface area contributed by atoms with Crippen LogP contribution >= 0.6 is 11.3 Å². The van der Waals surface area contributed by atoms with Crippen molar-refractivity contribution in [1.29, 1.82) is 0 Å². The average Bonchev–Trinajstić information content (AvgIpc) is 3.21. The number of fused-ring (bicyclic) bond motifs is 1. The lowest BCUT2D eigenvalue weighted by Crippen LogP contribution is -2.36. The summed E-state index contributed by atoms with van der Waals surface area (Å²) in [5.41, 5.74) is 1.49. The van der Waals surface area contributed by atoms with E-state index in [9.17, 15) is 9.90 Å². The molecule has 2 N–H and O–H groups in total. The molecule has 9 heteroatoms. The van der Waals surface area contributed by atoms with Crippen LogP contribution in [0.2, 0.25) is 0 Å². The molecule has 0 aliphatic rings. The van der Waals surface area contributed by atoms with Crippen LogP contribution in [0.3, 0.4) is 0 Å². The monoisotopic (exact) mass is 475 g/mol. The lowest BCUT2D eigenvalue weighted by molar-refractivity contribution is 0.0342. The van der Waals surface area contributed by atoms with Gasteiger partial charge in [-0.25, -0.2) is 4.98 Å². The van der Waals surface area contributed by atoms with Gasteiger partial charge in [0.05, 0.1) is 38.9 Å². The molecule has 0 saturated heterocycles. The molecule has 0 radical (unpaired) electrons. The number of aromatic nitrogens is 2. The second-order valence-electron chi connectivity index (χ2n) is 8.44. The standard InChI is InChI=1S/C24H33N3O5S/c1-15(2)8-9-27(11-17(28)13-30-3)12-21-25-23(29)22-18(14-33-24(22)26-21)16-6-7-19(31-4)20(10-16)32-5/h6-7,10,14-15,17,28H,8-9,11-13H2,1-5H3,(H,25,26,29)/t17-/m1/s1. The van der Waals surface area contributed by atoms with Crippen LogP contribution in [-0.2, 0) is 11.3 Å². The summed E-state index contributed by atoms with van der Waals surface area (Å²) in [4.78, 5) is 23.5. The van der Waals surface area contributed by atoms with E-state index in [1.807, 2.05) is 23.6 Å². The minimum Gasteiger partial charge on any atom is -0.493 e. The first-order chi connectivity index (χ1) is 15.9. The molecular formula is C24H33N3O5S. The number of ether oxygens (including phenoxy) is 3. The van der Waals surface area contributed by atoms with E-state index in [1.165, 1.54) is 11.3 Å². The maximum Gasteiger partial charge on any atom is 0.260 e. The number of aliphatic hydroxyl groups is 1. The lowest BCUT2D eigenvalue weighted by atomic mass is 10.1. The fourth-order valence-corrected chi connectivity index (χ4v) is 4.68. The quantitative estimate of drug-likeness (QED) is 0.414. The molecule has 1 atom stereocenters. The van der Waals surface area contributed by atoms with Crippen molar-refractivity contribution >= 4 is 21.6 Å². The molecular weight excluding hydrogens is 442 g/mol. The summed E-state index contributed by atoms with van der Waals surface area (Å²) in [5, 5.41) is 12.7. The molecule has 8 nitrogen and oxygen atoms in total. The third-order valence-electron chi connectivity index (χ3n) is 5.41. The number of aliphatic hydroxyl groups excluding tert-OH is 1. The minimum absolute atomic E-state index is 0.178. The highest BCUT2D eigenvalue weighted by atomic mass is 32.1. The Kier molecular flexibility index (Phi) is 8.85. The molecule has 0 spiro atoms. The second kappa shape index (κ2) is 11.6. The van der Waals surface area contributed by atoms with Gasteiger partial charge in [0.15, 0.2) is 11.5 Å². The maximum absolute atomic E-state index is 13.1. The van der Waals surface area contributed by atoms with Gasteiger partial charge in [-0.1, -0.05) is 19.9 Å². The molecule has 0 saturated carbocycles. The largest absolute Gasteiger partial charge is 0.493 e. The van der Waals surface area contributed by atoms with Crippen LogP contribution in [-0.4, -0.2) is 67.1 Å². The Balaban J connectivity index is 1.90. The van der Waals surface area contributed by atoms with E-state index in [-0.39, 0.29) is 12.2 Å². The van der Waals surface area contributed by atoms with E-state index in [2.05, 4.69) is 23.7 Å². The number of benzene rings is 1. The zero-order valence-electron chi connectivity index (χ0n) is 19.9. The van der Waals surface area contributed by atoms with Crippen LogP contribution in [0.1, 0.15) is 26.1 Å². The predicted molar refractivity (Wildman–Crippen MR) is 131 cm³/mol. The van der Waals surface area contributed by atoms with E-state index >= 15 is 0 Å². The molecule has 0 fully saturated rings. The Labute approximate surface area is 198 Å². The Bertz CT molecular complexity index is 1110. The number of rotatable bonds is 12. The van der Waals surface area contributed by atoms with Gasteiger partial charge in [-0.15, -0.1) is 11.3 Å². The molecule has 3 aromatic rings. The summed E-state index contributed by atoms with van der Waals surface area (Å²) in [5.74, 6) is 2.35. The molecule has 0 bridgehead atoms. The fraction of sp³-hybridized carbons (Fsp3) is 0.500. The summed E-state index contributed by atoms with van der Waals surface area (Å²) in [6, 6.07) is 5.59. The van der Waals surface area contributed by atoms with Crippen LogP contribution in [0.4, 0.5) is 0 Å². The highest BCUT2D eigenvalue weighted by Crippen LogP contribution is 2.36. The molecule has 0 unspecified atom stereocenters. The van der Waals surface area contributed by atoms with Gasteiger partial charge in [0.2, 0.25) is 0 Å². The highest BCUT2D eigenvalue weighted by Gasteiger charge is 2.18. The van der Waals surface area contributed by atoms with Crippen molar-refractivity contribution in [2.45, 2.75) is 32.9 Å². The van der Waals surface area contributed by atoms with Crippen LogP contribution in [0.15, 0.2) is 28.4 Å². The predicted octanol–water partition coefficient (Wildman–Crippen LogP) is 3.52. The van der Waals surface area contributed by atoms with Gasteiger partial charge in [0, 0.05) is 24.6 Å². The van der Waals surface area contributed by atoms with E-state index in [1.54, 1.807) is 21.3 Å². The number of aromatic amines is 1. The number of hydrogen-bond donors (Lipinski definition) is 2. The van der Waals surface area contributed by atoms with Gasteiger partial charge in [0.1, 0.15) is 10.7 Å². The molecule has 180 valence electrons. The average molecular weight is 476 g/mol. The van der Waals surface area contributed by atoms with Gasteiger partial charge in [-0.3, -0.25) is 9.69 Å². The highest BCUT2D eigenvalue weighted by molar-refractivity contribution is 7.17. The Hall–Kier alpha value is -2.46. The molecule has 0 aliphatic heterocycles. The van der Waals surface area contributed by atoms with Crippen molar-refractivity contribution in [3.05, 3.63) is 39.8 Å². The molecule has 33 heavy (non-hydrogen) atoms. The summed E-state index contributed by atoms with van der Waals surface area (Å²) in [7, 11) is 4.75. The number of nitrogens with one attached hydrogen (secondary N) is 1. The first kappa shape index (κ1) is 25.2. The summed E-state index contributed by atoms with van der Waals surface area (Å²) >= 11 is 1.44. The third kappa shape index (κ3) is 6.32. The van der Waals surface area contributed by atoms with E-state index in [4.69, 9.17) is 19.2 Å². The molecule has 1 aromatic carbocycles. The van der Waals surface area contributed by atoms with Crippen LogP contribution in [0, 0.1) is 5.92 Å². The Morgan fingerprint density at radius 3 is 2.61 bits per heavy atom. The lowest BCUT2D eigenvalue weighted by Gasteiger charge is -2.25. The third-order valence-corrected chi connectivity index (χ3v) is 6.28. The van der Waals surface area contributed by atoms with Crippen LogP contribution < -0.4 is 15.0 Å². The molecule has 0 aliphatic carbocycles. The van der Waals surface area contributed by atoms with E-state index in [0.29, 0.717) is 46.5 Å². The van der Waals surface area contributed by atoms with Gasteiger partial charge in [0.25, 0.3) is 5.56 Å². The molecule has 0 amide bonds. The van der Waals surface area contributed by atoms with Crippen LogP contribution in [0.25, 0.3) is 21.3 Å². The number of methoxy groups -OCH3 is 3. The fourth-order valence-electron chi connectivity index (χ4n) is 3.72. The second-order valence-corrected chi connectivity index (χ2v) is 9.30. The SMILES string of the molecule is COC[C@H](O)CN(CCC(C)C)Cc1nc2scc(-c3ccc(OC)c(OC)c3)c2c(=O)[nH]1. The summed E-state index contributed by atoms with van der Waals surface area (Å²) in [6.07, 6.45) is 0.380. The number of thiophene rings is 1. The molecule has 2 aromatic heterocycles. The van der Waals surface area contributed by atoms with Crippen molar-refractivity contribution in [2.75, 3.05) is 41.0 Å². The van der Waals surface area contributed by atoms with Crippen molar-refractivity contribution in [1.82, 2.24) is 14.9 Å². The van der Waals surface area contributed by atoms with Crippen molar-refractivity contribution in [3.8, 4) is 22.6 Å². The number of hydrogen-bond acceptors (Lipinski definition) is 8. The number of H-pyrrole nitrogens is 1. The normalized spacial score (nSPS) is 12.6. The Morgan fingerprint density at radius 1 is 1.18 bits per heavy atom. The molecule has 2 heterocycles. The van der Waals surface area contributed by atoms with Gasteiger partial charge in [-0.2, -0.15) is 0 Å². The van der Waals surface area contributed by atoms with Crippen molar-refractivity contribution < 1.29 is 19.3 Å². The maximum atomic E-state index is 13.1. The van der Waals surface area contributed by atoms with Crippen molar-refractivity contribution in [3.63, 3.8) is 0 Å². The van der Waals surface area contributed by atoms with Gasteiger partial charge in [-0.05, 0) is 36.6 Å². The van der Waals surface area contributed by atoms with E-state index < -0.39 is 6.10 Å². The first-order valence-corrected chi connectivity index (χ1v) is 11.9. The molecule has 3 rings (SSSR count).